The fraction of sp³-hybridized carbons (Fsp3) is 0.429. The van der Waals surface area contributed by atoms with Crippen molar-refractivity contribution in [3.8, 4) is 0 Å². The van der Waals surface area contributed by atoms with Crippen LogP contribution in [-0.4, -0.2) is 0 Å². The Morgan fingerprint density at radius 3 is 2.38 bits per heavy atom. The molecule has 0 spiro atoms. The van der Waals surface area contributed by atoms with Crippen LogP contribution in [0.1, 0.15) is 38.7 Å². The van der Waals surface area contributed by atoms with Crippen LogP contribution in [0.25, 0.3) is 0 Å². The first kappa shape index (κ1) is 12.8. The van der Waals surface area contributed by atoms with Crippen LogP contribution in [0.3, 0.4) is 0 Å². The lowest BCUT2D eigenvalue weighted by Gasteiger charge is -2.15. The van der Waals surface area contributed by atoms with E-state index in [0.29, 0.717) is 11.8 Å². The van der Waals surface area contributed by atoms with Gasteiger partial charge in [-0.25, -0.2) is 0 Å². The average Bonchev–Trinajstić information content (AvgIpc) is 2.31. The number of benzene rings is 1. The molecule has 2 N–H and O–H groups in total. The lowest BCUT2D eigenvalue weighted by Crippen LogP contribution is -2.07. The molecule has 2 nitrogen and oxygen atoms in total. The second-order valence-electron chi connectivity index (χ2n) is 4.27. The topological polar surface area (TPSA) is 35.2 Å². The molecule has 1 aromatic carbocycles. The van der Waals surface area contributed by atoms with Crippen molar-refractivity contribution in [3.63, 3.8) is 0 Å². The molecule has 0 radical (unpaired) electrons. The lowest BCUT2D eigenvalue weighted by molar-refractivity contribution is 0.189. The average molecular weight is 219 g/mol. The highest BCUT2D eigenvalue weighted by molar-refractivity contribution is 5.24. The summed E-state index contributed by atoms with van der Waals surface area (Å²) in [7, 11) is 0. The Bertz CT molecular complexity index is 330. The molecule has 0 aliphatic heterocycles. The van der Waals surface area contributed by atoms with Gasteiger partial charge in [0.25, 0.3) is 0 Å². The van der Waals surface area contributed by atoms with E-state index in [1.54, 1.807) is 0 Å². The molecular formula is C14H21NO. The molecule has 88 valence electrons. The maximum Gasteiger partial charge on any atom is 0.123 e. The monoisotopic (exact) mass is 219 g/mol. The third kappa shape index (κ3) is 3.38. The van der Waals surface area contributed by atoms with Crippen LogP contribution in [0.4, 0.5) is 0 Å². The Morgan fingerprint density at radius 1 is 1.31 bits per heavy atom. The largest absolute Gasteiger partial charge is 0.416 e. The highest BCUT2D eigenvalue weighted by Gasteiger charge is 2.10. The van der Waals surface area contributed by atoms with Gasteiger partial charge in [0, 0.05) is 11.8 Å². The predicted octanol–water partition coefficient (Wildman–Crippen LogP) is 3.61. The van der Waals surface area contributed by atoms with Crippen molar-refractivity contribution in [2.24, 2.45) is 11.8 Å². The third-order valence-electron chi connectivity index (χ3n) is 2.74. The molecule has 0 aliphatic rings. The van der Waals surface area contributed by atoms with Crippen molar-refractivity contribution < 1.29 is 4.84 Å². The summed E-state index contributed by atoms with van der Waals surface area (Å²) in [5.41, 5.74) is 1.31. The maximum absolute atomic E-state index is 5.29. The van der Waals surface area contributed by atoms with Crippen molar-refractivity contribution in [2.75, 3.05) is 0 Å². The molecule has 1 unspecified atom stereocenters. The van der Waals surface area contributed by atoms with Gasteiger partial charge in [-0.3, -0.25) is 0 Å². The Kier molecular flexibility index (Phi) is 5.06. The molecule has 16 heavy (non-hydrogen) atoms. The second-order valence-corrected chi connectivity index (χ2v) is 4.27. The summed E-state index contributed by atoms with van der Waals surface area (Å²) in [6.45, 7) is 6.33. The van der Waals surface area contributed by atoms with Crippen molar-refractivity contribution in [3.05, 3.63) is 47.7 Å². The minimum absolute atomic E-state index is 0.322. The molecule has 1 aromatic rings. The van der Waals surface area contributed by atoms with Crippen molar-refractivity contribution >= 4 is 0 Å². The van der Waals surface area contributed by atoms with Crippen LogP contribution in [0.2, 0.25) is 0 Å². The van der Waals surface area contributed by atoms with Crippen LogP contribution in [-0.2, 0) is 4.84 Å². The van der Waals surface area contributed by atoms with Crippen LogP contribution >= 0.6 is 0 Å². The molecule has 0 fully saturated rings. The van der Waals surface area contributed by atoms with Gasteiger partial charge in [-0.1, -0.05) is 51.1 Å². The van der Waals surface area contributed by atoms with E-state index in [1.165, 1.54) is 5.56 Å². The normalized spacial score (nSPS) is 13.9. The van der Waals surface area contributed by atoms with Gasteiger partial charge in [0.05, 0.1) is 0 Å². The highest BCUT2D eigenvalue weighted by atomic mass is 16.6. The zero-order valence-electron chi connectivity index (χ0n) is 10.3. The summed E-state index contributed by atoms with van der Waals surface area (Å²) >= 11 is 0. The van der Waals surface area contributed by atoms with Crippen LogP contribution in [0.15, 0.2) is 42.2 Å². The van der Waals surface area contributed by atoms with Crippen LogP contribution in [0.5, 0.6) is 0 Å². The van der Waals surface area contributed by atoms with Gasteiger partial charge in [0.1, 0.15) is 5.76 Å². The molecule has 1 atom stereocenters. The Hall–Kier alpha value is -1.28. The summed E-state index contributed by atoms with van der Waals surface area (Å²) in [5.74, 6) is 6.84. The molecule has 0 saturated heterocycles. The minimum Gasteiger partial charge on any atom is -0.416 e. The number of hydrogen-bond donors (Lipinski definition) is 1. The van der Waals surface area contributed by atoms with E-state index in [2.05, 4.69) is 51.1 Å². The third-order valence-corrected chi connectivity index (χ3v) is 2.74. The standard InChI is InChI=1S/C14H21NO/c1-4-12(10-14(16-15)11(2)3)13-8-6-5-7-9-13/h5-12H,4,15H2,1-3H3/b14-10-. The van der Waals surface area contributed by atoms with E-state index in [-0.39, 0.29) is 0 Å². The first-order valence-electron chi connectivity index (χ1n) is 5.82. The number of allylic oxidation sites excluding steroid dienone is 2. The van der Waals surface area contributed by atoms with Gasteiger partial charge in [0.15, 0.2) is 0 Å². The summed E-state index contributed by atoms with van der Waals surface area (Å²) < 4.78 is 0. The Balaban J connectivity index is 2.91. The summed E-state index contributed by atoms with van der Waals surface area (Å²) in [6, 6.07) is 10.4. The van der Waals surface area contributed by atoms with Gasteiger partial charge in [-0.15, -0.1) is 0 Å². The quantitative estimate of drug-likeness (QED) is 0.606. The Morgan fingerprint density at radius 2 is 1.94 bits per heavy atom. The van der Waals surface area contributed by atoms with E-state index < -0.39 is 0 Å². The van der Waals surface area contributed by atoms with Gasteiger partial charge < -0.3 is 4.84 Å². The van der Waals surface area contributed by atoms with Crippen LogP contribution < -0.4 is 5.90 Å². The van der Waals surface area contributed by atoms with E-state index in [4.69, 9.17) is 10.7 Å². The summed E-state index contributed by atoms with van der Waals surface area (Å²) in [5, 5.41) is 0. The molecule has 0 saturated carbocycles. The molecule has 0 heterocycles. The highest BCUT2D eigenvalue weighted by Crippen LogP contribution is 2.24. The van der Waals surface area contributed by atoms with Crippen molar-refractivity contribution in [2.45, 2.75) is 33.1 Å². The molecule has 0 bridgehead atoms. The Labute approximate surface area is 98.1 Å². The van der Waals surface area contributed by atoms with Gasteiger partial charge in [-0.05, 0) is 18.1 Å². The van der Waals surface area contributed by atoms with Gasteiger partial charge >= 0.3 is 0 Å². The molecular weight excluding hydrogens is 198 g/mol. The number of nitrogens with two attached hydrogens (primary N) is 1. The fourth-order valence-electron chi connectivity index (χ4n) is 1.72. The van der Waals surface area contributed by atoms with E-state index in [1.807, 2.05) is 6.07 Å². The van der Waals surface area contributed by atoms with E-state index in [0.717, 1.165) is 12.2 Å². The zero-order chi connectivity index (χ0) is 12.0. The minimum atomic E-state index is 0.322. The zero-order valence-corrected chi connectivity index (χ0v) is 10.3. The first-order valence-corrected chi connectivity index (χ1v) is 5.82. The molecule has 2 heteroatoms. The maximum atomic E-state index is 5.29. The van der Waals surface area contributed by atoms with Gasteiger partial charge in [0.2, 0.25) is 0 Å². The smallest absolute Gasteiger partial charge is 0.123 e. The van der Waals surface area contributed by atoms with Crippen LogP contribution in [0, 0.1) is 5.92 Å². The van der Waals surface area contributed by atoms with E-state index in [9.17, 15) is 0 Å². The first-order chi connectivity index (χ1) is 7.69. The fourth-order valence-corrected chi connectivity index (χ4v) is 1.72. The SMILES string of the molecule is CCC(/C=C(\ON)C(C)C)c1ccccc1. The molecule has 0 aliphatic carbocycles. The second kappa shape index (κ2) is 6.33. The van der Waals surface area contributed by atoms with Crippen molar-refractivity contribution in [1.82, 2.24) is 0 Å². The molecule has 0 amide bonds. The van der Waals surface area contributed by atoms with E-state index >= 15 is 0 Å². The molecule has 1 rings (SSSR count). The van der Waals surface area contributed by atoms with Crippen molar-refractivity contribution in [1.29, 1.82) is 0 Å². The van der Waals surface area contributed by atoms with Gasteiger partial charge in [-0.2, -0.15) is 5.90 Å². The summed E-state index contributed by atoms with van der Waals surface area (Å²) in [6.07, 6.45) is 3.17. The predicted molar refractivity (Wildman–Crippen MR) is 67.7 cm³/mol. The number of hydrogen-bond acceptors (Lipinski definition) is 2. The molecule has 0 aromatic heterocycles. The summed E-state index contributed by atoms with van der Waals surface area (Å²) in [4.78, 5) is 4.93. The lowest BCUT2D eigenvalue weighted by atomic mass is 9.94. The number of rotatable bonds is 5.